The normalized spacial score (nSPS) is 20.6. The lowest BCUT2D eigenvalue weighted by Crippen LogP contribution is -2.40. The molecule has 1 rings (SSSR count). The van der Waals surface area contributed by atoms with Crippen molar-refractivity contribution >= 4 is 0 Å². The Balaban J connectivity index is 2.15. The summed E-state index contributed by atoms with van der Waals surface area (Å²) in [6, 6.07) is 0. The van der Waals surface area contributed by atoms with E-state index >= 15 is 0 Å². The third-order valence-electron chi connectivity index (χ3n) is 2.92. The van der Waals surface area contributed by atoms with Crippen LogP contribution in [-0.2, 0) is 4.74 Å². The molecule has 84 valence electrons. The first-order chi connectivity index (χ1) is 6.66. The Kier molecular flexibility index (Phi) is 4.85. The van der Waals surface area contributed by atoms with Crippen LogP contribution in [-0.4, -0.2) is 49.0 Å². The van der Waals surface area contributed by atoms with Crippen molar-refractivity contribution in [1.82, 2.24) is 4.90 Å². The van der Waals surface area contributed by atoms with Crippen LogP contribution in [0.3, 0.4) is 0 Å². The van der Waals surface area contributed by atoms with Crippen LogP contribution in [0.2, 0.25) is 0 Å². The highest BCUT2D eigenvalue weighted by atomic mass is 16.5. The van der Waals surface area contributed by atoms with Gasteiger partial charge >= 0.3 is 0 Å². The van der Waals surface area contributed by atoms with Crippen molar-refractivity contribution < 1.29 is 9.84 Å². The molecule has 0 amide bonds. The number of hydrogen-bond donors (Lipinski definition) is 1. The van der Waals surface area contributed by atoms with Crippen molar-refractivity contribution in [1.29, 1.82) is 0 Å². The average molecular weight is 201 g/mol. The van der Waals surface area contributed by atoms with E-state index in [0.29, 0.717) is 0 Å². The maximum absolute atomic E-state index is 10.1. The summed E-state index contributed by atoms with van der Waals surface area (Å²) in [4.78, 5) is 2.17. The van der Waals surface area contributed by atoms with Gasteiger partial charge in [-0.1, -0.05) is 12.8 Å². The Hall–Kier alpha value is -0.120. The lowest BCUT2D eigenvalue weighted by molar-refractivity contribution is 0.00909. The van der Waals surface area contributed by atoms with Crippen LogP contribution < -0.4 is 0 Å². The molecule has 3 nitrogen and oxygen atoms in total. The summed E-state index contributed by atoms with van der Waals surface area (Å²) in [5, 5.41) is 10.1. The fraction of sp³-hybridized carbons (Fsp3) is 1.00. The molecule has 1 fully saturated rings. The molecule has 1 aliphatic rings. The van der Waals surface area contributed by atoms with Gasteiger partial charge in [-0.15, -0.1) is 0 Å². The molecule has 0 heterocycles. The maximum atomic E-state index is 10.1. The molecule has 14 heavy (non-hydrogen) atoms. The number of likely N-dealkylation sites (N-methyl/N-ethyl adjacent to an activating group) is 1. The Morgan fingerprint density at radius 2 is 2.00 bits per heavy atom. The molecule has 1 saturated carbocycles. The van der Waals surface area contributed by atoms with Gasteiger partial charge in [0.1, 0.15) is 0 Å². The van der Waals surface area contributed by atoms with Crippen molar-refractivity contribution in [2.75, 3.05) is 33.4 Å². The Bertz CT molecular complexity index is 155. The smallest absolute Gasteiger partial charge is 0.0774 e. The number of hydrogen-bond acceptors (Lipinski definition) is 3. The summed E-state index contributed by atoms with van der Waals surface area (Å²) in [5.41, 5.74) is -0.416. The molecule has 3 heteroatoms. The standard InChI is InChI=1S/C11H23NO2/c1-3-14-9-8-12(2)10-11(13)6-4-5-7-11/h13H,3-10H2,1-2H3. The van der Waals surface area contributed by atoms with Gasteiger partial charge in [-0.05, 0) is 26.8 Å². The van der Waals surface area contributed by atoms with E-state index in [9.17, 15) is 5.11 Å². The number of nitrogens with zero attached hydrogens (tertiary/aromatic N) is 1. The van der Waals surface area contributed by atoms with Crippen LogP contribution in [0.15, 0.2) is 0 Å². The van der Waals surface area contributed by atoms with E-state index in [4.69, 9.17) is 4.74 Å². The maximum Gasteiger partial charge on any atom is 0.0774 e. The molecule has 0 aromatic carbocycles. The molecule has 1 N–H and O–H groups in total. The molecule has 0 aromatic heterocycles. The van der Waals surface area contributed by atoms with Gasteiger partial charge in [0, 0.05) is 19.7 Å². The Labute approximate surface area is 87.1 Å². The minimum Gasteiger partial charge on any atom is -0.389 e. The zero-order valence-corrected chi connectivity index (χ0v) is 9.46. The van der Waals surface area contributed by atoms with Crippen molar-refractivity contribution in [2.45, 2.75) is 38.2 Å². The average Bonchev–Trinajstić information content (AvgIpc) is 2.52. The molecular formula is C11H23NO2. The van der Waals surface area contributed by atoms with Gasteiger partial charge in [-0.3, -0.25) is 0 Å². The van der Waals surface area contributed by atoms with Crippen molar-refractivity contribution in [2.24, 2.45) is 0 Å². The third kappa shape index (κ3) is 3.95. The third-order valence-corrected chi connectivity index (χ3v) is 2.92. The molecule has 0 saturated heterocycles. The minimum atomic E-state index is -0.416. The van der Waals surface area contributed by atoms with Gasteiger partial charge in [0.15, 0.2) is 0 Å². The van der Waals surface area contributed by atoms with E-state index in [0.717, 1.165) is 39.1 Å². The second kappa shape index (κ2) is 5.69. The molecule has 0 aromatic rings. The number of aliphatic hydroxyl groups is 1. The van der Waals surface area contributed by atoms with Crippen LogP contribution >= 0.6 is 0 Å². The molecule has 0 bridgehead atoms. The van der Waals surface area contributed by atoms with Gasteiger partial charge in [0.05, 0.1) is 12.2 Å². The lowest BCUT2D eigenvalue weighted by atomic mass is 10.0. The monoisotopic (exact) mass is 201 g/mol. The highest BCUT2D eigenvalue weighted by Crippen LogP contribution is 2.29. The van der Waals surface area contributed by atoms with Crippen LogP contribution in [0.4, 0.5) is 0 Å². The van der Waals surface area contributed by atoms with Crippen molar-refractivity contribution in [3.63, 3.8) is 0 Å². The molecule has 0 atom stereocenters. The van der Waals surface area contributed by atoms with E-state index in [1.165, 1.54) is 12.8 Å². The number of ether oxygens (including phenoxy) is 1. The molecule has 1 aliphatic carbocycles. The van der Waals surface area contributed by atoms with E-state index in [1.807, 2.05) is 6.92 Å². The molecular weight excluding hydrogens is 178 g/mol. The quantitative estimate of drug-likeness (QED) is 0.657. The van der Waals surface area contributed by atoms with Crippen LogP contribution in [0.5, 0.6) is 0 Å². The van der Waals surface area contributed by atoms with E-state index in [-0.39, 0.29) is 0 Å². The predicted molar refractivity (Wildman–Crippen MR) is 57.4 cm³/mol. The molecule has 0 spiro atoms. The van der Waals surface area contributed by atoms with Gasteiger partial charge in [0.25, 0.3) is 0 Å². The second-order valence-electron chi connectivity index (χ2n) is 4.37. The zero-order chi connectivity index (χ0) is 10.4. The van der Waals surface area contributed by atoms with Gasteiger partial charge < -0.3 is 14.7 Å². The van der Waals surface area contributed by atoms with E-state index < -0.39 is 5.60 Å². The van der Waals surface area contributed by atoms with Crippen molar-refractivity contribution in [3.8, 4) is 0 Å². The fourth-order valence-corrected chi connectivity index (χ4v) is 2.14. The Morgan fingerprint density at radius 3 is 2.57 bits per heavy atom. The molecule has 0 unspecified atom stereocenters. The van der Waals surface area contributed by atoms with Gasteiger partial charge in [-0.2, -0.15) is 0 Å². The highest BCUT2D eigenvalue weighted by Gasteiger charge is 2.31. The largest absolute Gasteiger partial charge is 0.389 e. The zero-order valence-electron chi connectivity index (χ0n) is 9.46. The van der Waals surface area contributed by atoms with Crippen molar-refractivity contribution in [3.05, 3.63) is 0 Å². The lowest BCUT2D eigenvalue weighted by Gasteiger charge is -2.28. The predicted octanol–water partition coefficient (Wildman–Crippen LogP) is 1.26. The van der Waals surface area contributed by atoms with Gasteiger partial charge in [0.2, 0.25) is 0 Å². The fourth-order valence-electron chi connectivity index (χ4n) is 2.14. The topological polar surface area (TPSA) is 32.7 Å². The van der Waals surface area contributed by atoms with E-state index in [2.05, 4.69) is 11.9 Å². The second-order valence-corrected chi connectivity index (χ2v) is 4.37. The SMILES string of the molecule is CCOCCN(C)CC1(O)CCCC1. The van der Waals surface area contributed by atoms with Crippen LogP contribution in [0.25, 0.3) is 0 Å². The Morgan fingerprint density at radius 1 is 1.36 bits per heavy atom. The summed E-state index contributed by atoms with van der Waals surface area (Å²) in [6.07, 6.45) is 4.28. The minimum absolute atomic E-state index is 0.416. The first-order valence-corrected chi connectivity index (χ1v) is 5.65. The summed E-state index contributed by atoms with van der Waals surface area (Å²) in [7, 11) is 2.05. The highest BCUT2D eigenvalue weighted by molar-refractivity contribution is 4.86. The van der Waals surface area contributed by atoms with Gasteiger partial charge in [-0.25, -0.2) is 0 Å². The molecule has 0 radical (unpaired) electrons. The summed E-state index contributed by atoms with van der Waals surface area (Å²) in [6.45, 7) is 5.25. The first-order valence-electron chi connectivity index (χ1n) is 5.65. The summed E-state index contributed by atoms with van der Waals surface area (Å²) < 4.78 is 5.28. The van der Waals surface area contributed by atoms with Crippen LogP contribution in [0.1, 0.15) is 32.6 Å². The van der Waals surface area contributed by atoms with E-state index in [1.54, 1.807) is 0 Å². The first kappa shape index (κ1) is 12.0. The summed E-state index contributed by atoms with van der Waals surface area (Å²) >= 11 is 0. The van der Waals surface area contributed by atoms with Crippen LogP contribution in [0, 0.1) is 0 Å². The summed E-state index contributed by atoms with van der Waals surface area (Å²) in [5.74, 6) is 0. The molecule has 0 aliphatic heterocycles. The number of rotatable bonds is 6.